The summed E-state index contributed by atoms with van der Waals surface area (Å²) < 4.78 is 1.38. The van der Waals surface area contributed by atoms with Crippen molar-refractivity contribution < 1.29 is 0 Å². The van der Waals surface area contributed by atoms with E-state index >= 15 is 0 Å². The van der Waals surface area contributed by atoms with Crippen molar-refractivity contribution >= 4 is 33.0 Å². The zero-order chi connectivity index (χ0) is 14.3. The Kier molecular flexibility index (Phi) is 3.26. The third kappa shape index (κ3) is 2.28. The van der Waals surface area contributed by atoms with Gasteiger partial charge in [0.1, 0.15) is 0 Å². The summed E-state index contributed by atoms with van der Waals surface area (Å²) in [5.74, 6) is 0. The predicted octanol–water partition coefficient (Wildman–Crippen LogP) is 4.64. The van der Waals surface area contributed by atoms with E-state index in [4.69, 9.17) is 11.6 Å². The Bertz CT molecular complexity index is 771. The van der Waals surface area contributed by atoms with Crippen molar-refractivity contribution in [1.82, 2.24) is 5.32 Å². The van der Waals surface area contributed by atoms with Gasteiger partial charge in [0.05, 0.1) is 0 Å². The van der Waals surface area contributed by atoms with Gasteiger partial charge < -0.3 is 5.32 Å². The van der Waals surface area contributed by atoms with Crippen molar-refractivity contribution in [2.24, 2.45) is 0 Å². The van der Waals surface area contributed by atoms with Crippen molar-refractivity contribution in [2.45, 2.75) is 11.8 Å². The second-order valence-corrected chi connectivity index (χ2v) is 7.17. The van der Waals surface area contributed by atoms with Gasteiger partial charge in [-0.1, -0.05) is 41.9 Å². The molecule has 1 aliphatic rings. The first-order chi connectivity index (χ1) is 10.3. The molecule has 1 saturated heterocycles. The third-order valence-electron chi connectivity index (χ3n) is 4.47. The summed E-state index contributed by atoms with van der Waals surface area (Å²) in [5.41, 5.74) is 3.07. The van der Waals surface area contributed by atoms with Gasteiger partial charge in [-0.05, 0) is 46.5 Å². The van der Waals surface area contributed by atoms with E-state index in [0.717, 1.165) is 24.5 Å². The Morgan fingerprint density at radius 2 is 1.81 bits per heavy atom. The van der Waals surface area contributed by atoms with Crippen LogP contribution in [0.25, 0.3) is 10.1 Å². The quantitative estimate of drug-likeness (QED) is 0.743. The van der Waals surface area contributed by atoms with Crippen LogP contribution in [0.5, 0.6) is 0 Å². The Morgan fingerprint density at radius 1 is 1.05 bits per heavy atom. The Labute approximate surface area is 133 Å². The number of nitrogens with one attached hydrogen (secondary N) is 1. The molecule has 1 fully saturated rings. The molecule has 0 amide bonds. The number of halogens is 1. The summed E-state index contributed by atoms with van der Waals surface area (Å²) in [4.78, 5) is 0. The molecule has 3 aromatic rings. The van der Waals surface area contributed by atoms with Crippen LogP contribution >= 0.6 is 22.9 Å². The van der Waals surface area contributed by atoms with E-state index in [1.807, 2.05) is 23.5 Å². The Morgan fingerprint density at radius 3 is 2.52 bits per heavy atom. The Hall–Kier alpha value is -1.35. The highest BCUT2D eigenvalue weighted by Crippen LogP contribution is 2.37. The first-order valence-electron chi connectivity index (χ1n) is 7.19. The lowest BCUT2D eigenvalue weighted by Gasteiger charge is -2.43. The molecule has 0 unspecified atom stereocenters. The lowest BCUT2D eigenvalue weighted by Crippen LogP contribution is -2.58. The van der Waals surface area contributed by atoms with Crippen LogP contribution in [0, 0.1) is 0 Å². The van der Waals surface area contributed by atoms with Crippen molar-refractivity contribution in [3.8, 4) is 0 Å². The molecule has 1 aromatic heterocycles. The third-order valence-corrected chi connectivity index (χ3v) is 5.74. The largest absolute Gasteiger partial charge is 0.315 e. The molecule has 1 aliphatic heterocycles. The zero-order valence-electron chi connectivity index (χ0n) is 11.6. The van der Waals surface area contributed by atoms with Crippen molar-refractivity contribution in [3.05, 3.63) is 70.1 Å². The minimum atomic E-state index is 0.217. The van der Waals surface area contributed by atoms with Crippen LogP contribution in [0.2, 0.25) is 5.02 Å². The zero-order valence-corrected chi connectivity index (χ0v) is 13.2. The molecule has 0 atom stereocenters. The smallest absolute Gasteiger partial charge is 0.0406 e. The SMILES string of the molecule is Clc1ccc(C2(Cc3csc4ccccc34)CNC2)cc1. The highest BCUT2D eigenvalue weighted by Gasteiger charge is 2.39. The molecule has 2 aromatic carbocycles. The van der Waals surface area contributed by atoms with Gasteiger partial charge in [0.2, 0.25) is 0 Å². The molecule has 0 aliphatic carbocycles. The molecule has 3 heteroatoms. The number of benzene rings is 2. The second kappa shape index (κ2) is 5.13. The molecule has 4 rings (SSSR count). The summed E-state index contributed by atoms with van der Waals surface area (Å²) >= 11 is 7.88. The molecule has 1 N–H and O–H groups in total. The van der Waals surface area contributed by atoms with E-state index in [2.05, 4.69) is 47.1 Å². The van der Waals surface area contributed by atoms with Crippen LogP contribution in [0.1, 0.15) is 11.1 Å². The number of rotatable bonds is 3. The summed E-state index contributed by atoms with van der Waals surface area (Å²) in [7, 11) is 0. The van der Waals surface area contributed by atoms with E-state index < -0.39 is 0 Å². The molecule has 2 heterocycles. The topological polar surface area (TPSA) is 12.0 Å². The molecule has 21 heavy (non-hydrogen) atoms. The van der Waals surface area contributed by atoms with Gasteiger partial charge in [0.25, 0.3) is 0 Å². The molecule has 0 saturated carbocycles. The minimum absolute atomic E-state index is 0.217. The number of hydrogen-bond donors (Lipinski definition) is 1. The standard InChI is InChI=1S/C18H16ClNS/c19-15-7-5-14(6-8-15)18(11-20-12-18)9-13-10-21-17-4-2-1-3-16(13)17/h1-8,10,20H,9,11-12H2. The Balaban J connectivity index is 1.72. The summed E-state index contributed by atoms with van der Waals surface area (Å²) in [6.07, 6.45) is 1.09. The van der Waals surface area contributed by atoms with Crippen molar-refractivity contribution in [2.75, 3.05) is 13.1 Å². The van der Waals surface area contributed by atoms with E-state index in [9.17, 15) is 0 Å². The number of thiophene rings is 1. The van der Waals surface area contributed by atoms with Crippen LogP contribution in [-0.4, -0.2) is 13.1 Å². The number of hydrogen-bond acceptors (Lipinski definition) is 2. The summed E-state index contributed by atoms with van der Waals surface area (Å²) in [6.45, 7) is 2.08. The van der Waals surface area contributed by atoms with Crippen molar-refractivity contribution in [3.63, 3.8) is 0 Å². The van der Waals surface area contributed by atoms with E-state index in [1.165, 1.54) is 21.2 Å². The normalized spacial score (nSPS) is 16.8. The van der Waals surface area contributed by atoms with Gasteiger partial charge in [-0.25, -0.2) is 0 Å². The average Bonchev–Trinajstić information content (AvgIpc) is 2.87. The van der Waals surface area contributed by atoms with Crippen LogP contribution in [0.4, 0.5) is 0 Å². The van der Waals surface area contributed by atoms with Crippen LogP contribution in [0.3, 0.4) is 0 Å². The monoisotopic (exact) mass is 313 g/mol. The van der Waals surface area contributed by atoms with Crippen molar-refractivity contribution in [1.29, 1.82) is 0 Å². The molecule has 106 valence electrons. The maximum atomic E-state index is 6.03. The maximum Gasteiger partial charge on any atom is 0.0406 e. The van der Waals surface area contributed by atoms with Gasteiger partial charge in [0.15, 0.2) is 0 Å². The fraction of sp³-hybridized carbons (Fsp3) is 0.222. The molecule has 0 bridgehead atoms. The fourth-order valence-corrected chi connectivity index (χ4v) is 4.28. The van der Waals surface area contributed by atoms with Gasteiger partial charge in [-0.15, -0.1) is 11.3 Å². The highest BCUT2D eigenvalue weighted by atomic mass is 35.5. The molecule has 1 nitrogen and oxygen atoms in total. The molecular formula is C18H16ClNS. The van der Waals surface area contributed by atoms with E-state index in [-0.39, 0.29) is 5.41 Å². The lowest BCUT2D eigenvalue weighted by atomic mass is 9.71. The van der Waals surface area contributed by atoms with Gasteiger partial charge >= 0.3 is 0 Å². The fourth-order valence-electron chi connectivity index (χ4n) is 3.20. The second-order valence-electron chi connectivity index (χ2n) is 5.82. The van der Waals surface area contributed by atoms with E-state index in [1.54, 1.807) is 0 Å². The predicted molar refractivity (Wildman–Crippen MR) is 91.5 cm³/mol. The summed E-state index contributed by atoms with van der Waals surface area (Å²) in [6, 6.07) is 17.1. The highest BCUT2D eigenvalue weighted by molar-refractivity contribution is 7.17. The van der Waals surface area contributed by atoms with Crippen LogP contribution in [0.15, 0.2) is 53.9 Å². The van der Waals surface area contributed by atoms with Gasteiger partial charge in [0, 0.05) is 28.2 Å². The molecular weight excluding hydrogens is 298 g/mol. The maximum absolute atomic E-state index is 6.03. The average molecular weight is 314 g/mol. The van der Waals surface area contributed by atoms with Gasteiger partial charge in [-0.2, -0.15) is 0 Å². The summed E-state index contributed by atoms with van der Waals surface area (Å²) in [5, 5.41) is 7.98. The first-order valence-corrected chi connectivity index (χ1v) is 8.45. The lowest BCUT2D eigenvalue weighted by molar-refractivity contribution is 0.275. The molecule has 0 radical (unpaired) electrons. The van der Waals surface area contributed by atoms with Crippen LogP contribution in [-0.2, 0) is 11.8 Å². The first kappa shape index (κ1) is 13.3. The minimum Gasteiger partial charge on any atom is -0.315 e. The van der Waals surface area contributed by atoms with Crippen LogP contribution < -0.4 is 5.32 Å². The van der Waals surface area contributed by atoms with Gasteiger partial charge in [-0.3, -0.25) is 0 Å². The molecule has 0 spiro atoms. The number of fused-ring (bicyclic) bond motifs is 1. The van der Waals surface area contributed by atoms with E-state index in [0.29, 0.717) is 0 Å².